The van der Waals surface area contributed by atoms with Gasteiger partial charge in [0.15, 0.2) is 0 Å². The molecule has 1 aromatic rings. The lowest BCUT2D eigenvalue weighted by Crippen LogP contribution is -2.24. The minimum atomic E-state index is -0.237. The Bertz CT molecular complexity index is 313. The van der Waals surface area contributed by atoms with E-state index in [2.05, 4.69) is 10.6 Å². The van der Waals surface area contributed by atoms with Crippen molar-refractivity contribution in [3.8, 4) is 5.75 Å². The summed E-state index contributed by atoms with van der Waals surface area (Å²) in [6.45, 7) is 2.53. The van der Waals surface area contributed by atoms with Gasteiger partial charge in [0, 0.05) is 18.8 Å². The van der Waals surface area contributed by atoms with Gasteiger partial charge < -0.3 is 15.4 Å². The summed E-state index contributed by atoms with van der Waals surface area (Å²) in [6.07, 6.45) is 0. The van der Waals surface area contributed by atoms with Crippen LogP contribution in [-0.4, -0.2) is 19.7 Å². The standard InChI is InChI=1S/C10H14N2O2/c1-3-14-9-6-4-5-8(7-9)12-10(13)11-2/h4-7H,3H2,1-2H3,(H2,11,12,13). The number of rotatable bonds is 3. The van der Waals surface area contributed by atoms with Crippen molar-refractivity contribution in [3.63, 3.8) is 0 Å². The Hall–Kier alpha value is -1.71. The number of hydrogen-bond donors (Lipinski definition) is 2. The Morgan fingerprint density at radius 1 is 1.50 bits per heavy atom. The SMILES string of the molecule is CCOc1cccc(NC(=O)NC)c1. The lowest BCUT2D eigenvalue weighted by molar-refractivity contribution is 0.254. The minimum absolute atomic E-state index is 0.237. The van der Waals surface area contributed by atoms with E-state index in [1.807, 2.05) is 19.1 Å². The lowest BCUT2D eigenvalue weighted by Gasteiger charge is -2.06. The van der Waals surface area contributed by atoms with Gasteiger partial charge in [0.1, 0.15) is 5.75 Å². The summed E-state index contributed by atoms with van der Waals surface area (Å²) in [5, 5.41) is 5.13. The van der Waals surface area contributed by atoms with Gasteiger partial charge in [-0.05, 0) is 19.1 Å². The van der Waals surface area contributed by atoms with Gasteiger partial charge in [-0.15, -0.1) is 0 Å². The zero-order valence-corrected chi connectivity index (χ0v) is 8.33. The summed E-state index contributed by atoms with van der Waals surface area (Å²) in [5.41, 5.74) is 0.718. The molecule has 1 rings (SSSR count). The number of urea groups is 1. The molecule has 0 unspecified atom stereocenters. The van der Waals surface area contributed by atoms with Crippen LogP contribution in [0.15, 0.2) is 24.3 Å². The summed E-state index contributed by atoms with van der Waals surface area (Å²) in [5.74, 6) is 0.751. The van der Waals surface area contributed by atoms with Crippen LogP contribution in [0.1, 0.15) is 6.92 Å². The molecular formula is C10H14N2O2. The number of hydrogen-bond acceptors (Lipinski definition) is 2. The molecule has 0 fully saturated rings. The van der Waals surface area contributed by atoms with Crippen LogP contribution in [0.2, 0.25) is 0 Å². The van der Waals surface area contributed by atoms with Gasteiger partial charge in [-0.1, -0.05) is 6.07 Å². The Kier molecular flexibility index (Phi) is 3.79. The highest BCUT2D eigenvalue weighted by Crippen LogP contribution is 2.16. The monoisotopic (exact) mass is 194 g/mol. The van der Waals surface area contributed by atoms with Gasteiger partial charge >= 0.3 is 6.03 Å². The molecule has 14 heavy (non-hydrogen) atoms. The Balaban J connectivity index is 2.68. The quantitative estimate of drug-likeness (QED) is 0.771. The number of nitrogens with one attached hydrogen (secondary N) is 2. The maximum absolute atomic E-state index is 11.0. The van der Waals surface area contributed by atoms with Crippen molar-refractivity contribution in [2.45, 2.75) is 6.92 Å². The van der Waals surface area contributed by atoms with Crippen molar-refractivity contribution >= 4 is 11.7 Å². The minimum Gasteiger partial charge on any atom is -0.494 e. The van der Waals surface area contributed by atoms with Crippen molar-refractivity contribution in [2.75, 3.05) is 19.0 Å². The van der Waals surface area contributed by atoms with Crippen LogP contribution < -0.4 is 15.4 Å². The molecule has 0 aliphatic carbocycles. The molecule has 0 bridgehead atoms. The molecule has 0 aromatic heterocycles. The number of benzene rings is 1. The van der Waals surface area contributed by atoms with E-state index in [0.29, 0.717) is 6.61 Å². The summed E-state index contributed by atoms with van der Waals surface area (Å²) < 4.78 is 5.29. The van der Waals surface area contributed by atoms with Crippen LogP contribution in [0.25, 0.3) is 0 Å². The molecule has 4 nitrogen and oxygen atoms in total. The smallest absolute Gasteiger partial charge is 0.318 e. The molecular weight excluding hydrogens is 180 g/mol. The highest BCUT2D eigenvalue weighted by Gasteiger charge is 1.99. The second kappa shape index (κ2) is 5.11. The second-order valence-electron chi connectivity index (χ2n) is 2.66. The number of ether oxygens (including phenoxy) is 1. The predicted octanol–water partition coefficient (Wildman–Crippen LogP) is 1.84. The molecule has 0 heterocycles. The van der Waals surface area contributed by atoms with Crippen LogP contribution in [-0.2, 0) is 0 Å². The van der Waals surface area contributed by atoms with Crippen molar-refractivity contribution in [1.82, 2.24) is 5.32 Å². The van der Waals surface area contributed by atoms with E-state index >= 15 is 0 Å². The first kappa shape index (κ1) is 10.4. The third kappa shape index (κ3) is 2.97. The van der Waals surface area contributed by atoms with Crippen LogP contribution in [0.5, 0.6) is 5.75 Å². The van der Waals surface area contributed by atoms with Crippen molar-refractivity contribution in [2.24, 2.45) is 0 Å². The largest absolute Gasteiger partial charge is 0.494 e. The molecule has 0 aliphatic rings. The zero-order valence-electron chi connectivity index (χ0n) is 8.33. The highest BCUT2D eigenvalue weighted by atomic mass is 16.5. The van der Waals surface area contributed by atoms with E-state index in [1.54, 1.807) is 19.2 Å². The van der Waals surface area contributed by atoms with Gasteiger partial charge in [0.25, 0.3) is 0 Å². The fraction of sp³-hybridized carbons (Fsp3) is 0.300. The summed E-state index contributed by atoms with van der Waals surface area (Å²) in [7, 11) is 1.57. The van der Waals surface area contributed by atoms with Gasteiger partial charge in [-0.2, -0.15) is 0 Å². The Morgan fingerprint density at radius 3 is 2.93 bits per heavy atom. The van der Waals surface area contributed by atoms with E-state index < -0.39 is 0 Å². The third-order valence-corrected chi connectivity index (χ3v) is 1.63. The second-order valence-corrected chi connectivity index (χ2v) is 2.66. The topological polar surface area (TPSA) is 50.4 Å². The normalized spacial score (nSPS) is 9.29. The molecule has 76 valence electrons. The molecule has 2 amide bonds. The van der Waals surface area contributed by atoms with E-state index in [0.717, 1.165) is 11.4 Å². The number of anilines is 1. The molecule has 4 heteroatoms. The average Bonchev–Trinajstić information content (AvgIpc) is 2.19. The molecule has 0 saturated carbocycles. The Morgan fingerprint density at radius 2 is 2.29 bits per heavy atom. The molecule has 1 aromatic carbocycles. The molecule has 0 spiro atoms. The number of amides is 2. The molecule has 0 saturated heterocycles. The zero-order chi connectivity index (χ0) is 10.4. The molecule has 0 aliphatic heterocycles. The highest BCUT2D eigenvalue weighted by molar-refractivity contribution is 5.89. The average molecular weight is 194 g/mol. The molecule has 0 atom stereocenters. The van der Waals surface area contributed by atoms with Gasteiger partial charge in [-0.3, -0.25) is 0 Å². The summed E-state index contributed by atoms with van der Waals surface area (Å²) >= 11 is 0. The molecule has 0 radical (unpaired) electrons. The number of carbonyl (C=O) groups excluding carboxylic acids is 1. The van der Waals surface area contributed by atoms with E-state index in [-0.39, 0.29) is 6.03 Å². The first-order valence-corrected chi connectivity index (χ1v) is 4.48. The van der Waals surface area contributed by atoms with Crippen molar-refractivity contribution in [1.29, 1.82) is 0 Å². The van der Waals surface area contributed by atoms with E-state index in [9.17, 15) is 4.79 Å². The van der Waals surface area contributed by atoms with Crippen LogP contribution in [0.3, 0.4) is 0 Å². The first-order chi connectivity index (χ1) is 6.76. The van der Waals surface area contributed by atoms with E-state index in [4.69, 9.17) is 4.74 Å². The predicted molar refractivity (Wildman–Crippen MR) is 55.7 cm³/mol. The summed E-state index contributed by atoms with van der Waals surface area (Å²) in [6, 6.07) is 7.02. The van der Waals surface area contributed by atoms with Gasteiger partial charge in [0.05, 0.1) is 6.61 Å². The van der Waals surface area contributed by atoms with Gasteiger partial charge in [-0.25, -0.2) is 4.79 Å². The third-order valence-electron chi connectivity index (χ3n) is 1.63. The van der Waals surface area contributed by atoms with Crippen molar-refractivity contribution in [3.05, 3.63) is 24.3 Å². The maximum Gasteiger partial charge on any atom is 0.318 e. The maximum atomic E-state index is 11.0. The van der Waals surface area contributed by atoms with Crippen LogP contribution >= 0.6 is 0 Å². The Labute approximate surface area is 83.3 Å². The van der Waals surface area contributed by atoms with Crippen molar-refractivity contribution < 1.29 is 9.53 Å². The first-order valence-electron chi connectivity index (χ1n) is 4.48. The number of carbonyl (C=O) groups is 1. The fourth-order valence-corrected chi connectivity index (χ4v) is 1.02. The molecule has 2 N–H and O–H groups in total. The van der Waals surface area contributed by atoms with Crippen LogP contribution in [0, 0.1) is 0 Å². The van der Waals surface area contributed by atoms with E-state index in [1.165, 1.54) is 0 Å². The fourth-order valence-electron chi connectivity index (χ4n) is 1.02. The lowest BCUT2D eigenvalue weighted by atomic mass is 10.3. The van der Waals surface area contributed by atoms with Gasteiger partial charge in [0.2, 0.25) is 0 Å². The summed E-state index contributed by atoms with van der Waals surface area (Å²) in [4.78, 5) is 11.0. The van der Waals surface area contributed by atoms with Crippen LogP contribution in [0.4, 0.5) is 10.5 Å².